The lowest BCUT2D eigenvalue weighted by molar-refractivity contribution is -0.140. The second kappa shape index (κ2) is 37.1. The number of hydrogen-bond donors (Lipinski definition) is 9. The Labute approximate surface area is 539 Å². The number of halogens is 1. The summed E-state index contributed by atoms with van der Waals surface area (Å²) in [5.41, 5.74) is 3.76. The predicted molar refractivity (Wildman–Crippen MR) is 343 cm³/mol. The summed E-state index contributed by atoms with van der Waals surface area (Å²) in [5.74, 6) is -4.42. The Bertz CT molecular complexity index is 2980. The van der Waals surface area contributed by atoms with E-state index in [1.165, 1.54) is 6.07 Å². The van der Waals surface area contributed by atoms with E-state index in [0.29, 0.717) is 74.6 Å². The first kappa shape index (κ1) is 71.8. The van der Waals surface area contributed by atoms with Crippen LogP contribution in [0.2, 0.25) is 0 Å². The maximum Gasteiger partial charge on any atom is 0.317 e. The Kier molecular flexibility index (Phi) is 29.6. The number of aliphatic carboxylic acids is 3. The quantitative estimate of drug-likeness (QED) is 0.0250. The predicted octanol–water partition coefficient (Wildman–Crippen LogP) is 3.40. The van der Waals surface area contributed by atoms with E-state index in [1.54, 1.807) is 37.2 Å². The second-order valence-corrected chi connectivity index (χ2v) is 24.5. The molecule has 6 rings (SSSR count). The van der Waals surface area contributed by atoms with Gasteiger partial charge in [0.25, 0.3) is 5.91 Å². The molecule has 1 aromatic heterocycles. The summed E-state index contributed by atoms with van der Waals surface area (Å²) in [6, 6.07) is 17.8. The fraction of sp³-hybridized carbons (Fsp3) is 0.556. The first-order valence-corrected chi connectivity index (χ1v) is 32.1. The highest BCUT2D eigenvalue weighted by Crippen LogP contribution is 2.38. The molecule has 3 heterocycles. The molecule has 0 spiro atoms. The van der Waals surface area contributed by atoms with Crippen molar-refractivity contribution in [3.8, 4) is 28.6 Å². The number of carboxylic acids is 3. The number of aromatic hydroxyl groups is 2. The number of aromatic nitrogens is 3. The number of piperidine rings is 1. The summed E-state index contributed by atoms with van der Waals surface area (Å²) in [6.45, 7) is 8.47. The third-order valence-corrected chi connectivity index (χ3v) is 16.7. The summed E-state index contributed by atoms with van der Waals surface area (Å²) < 4.78 is 8.54. The van der Waals surface area contributed by atoms with Crippen molar-refractivity contribution in [2.45, 2.75) is 96.9 Å². The summed E-state index contributed by atoms with van der Waals surface area (Å²) in [4.78, 5) is 111. The number of carbonyl (C=O) groups excluding carboxylic acids is 5. The van der Waals surface area contributed by atoms with Crippen molar-refractivity contribution in [3.05, 3.63) is 86.7 Å². The topological polar surface area (TPSA) is 342 Å². The molecule has 0 saturated carbocycles. The van der Waals surface area contributed by atoms with Crippen molar-refractivity contribution >= 4 is 70.0 Å². The van der Waals surface area contributed by atoms with Crippen molar-refractivity contribution in [3.63, 3.8) is 0 Å². The maximum atomic E-state index is 13.9. The van der Waals surface area contributed by atoms with Crippen LogP contribution in [0, 0.1) is 9.49 Å². The monoisotopic (exact) mass is 1360 g/mol. The second-order valence-electron chi connectivity index (χ2n) is 23.2. The van der Waals surface area contributed by atoms with E-state index in [9.17, 15) is 63.9 Å². The van der Waals surface area contributed by atoms with Crippen LogP contribution in [0.15, 0.2) is 60.7 Å². The third-order valence-electron chi connectivity index (χ3n) is 16.0. The highest BCUT2D eigenvalue weighted by atomic mass is 127. The summed E-state index contributed by atoms with van der Waals surface area (Å²) >= 11 is 2.25. The van der Waals surface area contributed by atoms with Gasteiger partial charge in [0.05, 0.1) is 51.4 Å². The number of unbranched alkanes of at least 4 members (excludes halogenated alkanes) is 1. The molecular weight excluding hydrogens is 1280 g/mol. The van der Waals surface area contributed by atoms with Crippen LogP contribution in [0.5, 0.6) is 11.5 Å². The maximum absolute atomic E-state index is 13.9. The molecule has 0 bridgehead atoms. The van der Waals surface area contributed by atoms with Gasteiger partial charge >= 0.3 is 17.9 Å². The van der Waals surface area contributed by atoms with E-state index in [-0.39, 0.29) is 152 Å². The number of benzene rings is 3. The Balaban J connectivity index is 0.983. The third kappa shape index (κ3) is 24.1. The van der Waals surface area contributed by atoms with Crippen LogP contribution in [0.4, 0.5) is 0 Å². The van der Waals surface area contributed by atoms with Crippen molar-refractivity contribution in [2.24, 2.45) is 5.92 Å². The molecule has 492 valence electrons. The fourth-order valence-corrected chi connectivity index (χ4v) is 11.4. The number of phenols is 2. The number of carbonyl (C=O) groups is 8. The fourth-order valence-electron chi connectivity index (χ4n) is 11.0. The first-order valence-electron chi connectivity index (χ1n) is 31.0. The van der Waals surface area contributed by atoms with Crippen molar-refractivity contribution in [1.82, 2.24) is 60.5 Å². The van der Waals surface area contributed by atoms with Crippen LogP contribution in [0.25, 0.3) is 17.1 Å². The Morgan fingerprint density at radius 3 is 1.78 bits per heavy atom. The number of rotatable bonds is 32. The van der Waals surface area contributed by atoms with Crippen LogP contribution in [0.3, 0.4) is 0 Å². The zero-order valence-electron chi connectivity index (χ0n) is 51.9. The Hall–Kier alpha value is -7.31. The van der Waals surface area contributed by atoms with Gasteiger partial charge in [-0.25, -0.2) is 0 Å². The van der Waals surface area contributed by atoms with Gasteiger partial charge in [0.2, 0.25) is 29.5 Å². The highest BCUT2D eigenvalue weighted by molar-refractivity contribution is 14.1. The van der Waals surface area contributed by atoms with Crippen LogP contribution < -0.4 is 21.3 Å². The molecule has 2 aliphatic heterocycles. The minimum Gasteiger partial charge on any atom is -0.508 e. The van der Waals surface area contributed by atoms with Crippen molar-refractivity contribution < 1.29 is 68.6 Å². The van der Waals surface area contributed by atoms with Gasteiger partial charge < -0.3 is 56.4 Å². The van der Waals surface area contributed by atoms with Crippen LogP contribution >= 0.6 is 22.6 Å². The lowest BCUT2D eigenvalue weighted by Crippen LogP contribution is -2.52. The molecule has 9 N–H and O–H groups in total. The van der Waals surface area contributed by atoms with Crippen molar-refractivity contribution in [2.75, 3.05) is 124 Å². The normalized spacial score (nSPS) is 15.5. The Morgan fingerprint density at radius 2 is 1.21 bits per heavy atom. The molecule has 2 saturated heterocycles. The lowest BCUT2D eigenvalue weighted by Gasteiger charge is -2.33. The van der Waals surface area contributed by atoms with Gasteiger partial charge in [0, 0.05) is 107 Å². The lowest BCUT2D eigenvalue weighted by atomic mass is 9.90. The zero-order valence-corrected chi connectivity index (χ0v) is 54.0. The van der Waals surface area contributed by atoms with E-state index < -0.39 is 41.7 Å². The van der Waals surface area contributed by atoms with Crippen LogP contribution in [0.1, 0.15) is 105 Å². The molecule has 0 unspecified atom stereocenters. The number of likely N-dealkylation sites (tertiary alicyclic amines) is 1. The number of nitrogens with zero attached hydrogens (tertiary/aromatic N) is 8. The van der Waals surface area contributed by atoms with Gasteiger partial charge in [-0.2, -0.15) is 0 Å². The number of ether oxygens (including phenoxy) is 1. The molecule has 3 aromatic carbocycles. The SMILES string of the molecule is CCNC(=O)c1nnc(-c2cc(C(C)C)c(O)cc2O)n1-c1ccc(CC2CCN(C(=O)CCOCCNC(=O)[C@H](CCCCNC(=O)CCCc3ccc(I)cc3)NC(=O)CN3CCN(CC(=O)O)CCN(CC(=O)O)CCN(CC(=O)O)CC3)CC2)cc1. The number of amides is 5. The summed E-state index contributed by atoms with van der Waals surface area (Å²) in [7, 11) is 0. The number of hydrogen-bond acceptors (Lipinski definition) is 17. The molecule has 27 heteroatoms. The zero-order chi connectivity index (χ0) is 65.1. The molecular formula is C63H89IN12O14. The molecule has 90 heavy (non-hydrogen) atoms. The van der Waals surface area contributed by atoms with Gasteiger partial charge in [-0.1, -0.05) is 38.1 Å². The molecule has 1 atom stereocenters. The summed E-state index contributed by atoms with van der Waals surface area (Å²) in [6.07, 6.45) is 5.59. The van der Waals surface area contributed by atoms with E-state index in [1.807, 2.05) is 55.1 Å². The summed E-state index contributed by atoms with van der Waals surface area (Å²) in [5, 5.41) is 70.3. The van der Waals surface area contributed by atoms with Crippen LogP contribution in [-0.2, 0) is 51.1 Å². The number of aryl methyl sites for hydroxylation is 1. The van der Waals surface area contributed by atoms with E-state index in [2.05, 4.69) is 66.2 Å². The Morgan fingerprint density at radius 1 is 0.633 bits per heavy atom. The van der Waals surface area contributed by atoms with Crippen LogP contribution in [-0.4, -0.2) is 243 Å². The minimum absolute atomic E-state index is 0.0421. The standard InChI is InChI=1S/C63H89IN12O14/c1-4-65-63(89)61-70-69-60(50-37-49(43(2)3)52(77)38-53(50)78)76(61)48-17-13-45(14-18-48)36-46-19-24-75(25-20-46)56(81)21-34-90-35-23-67-62(88)51(9-5-6-22-66-54(79)10-7-8-44-11-15-47(64)16-12-44)68-55(80)39-71-26-28-72(40-57(82)83)30-32-74(42-59(86)87)33-31-73(29-27-71)41-58(84)85/h11-18,37-38,43,46,51,77-78H,4-10,19-36,39-42H2,1-3H3,(H,65,89)(H,66,79)(H,67,88)(H,68,80)(H,82,83)(H,84,85)(H,86,87)/t51-/m0/s1. The number of carboxylic acid groups (broad SMARTS) is 3. The van der Waals surface area contributed by atoms with Gasteiger partial charge in [-0.15, -0.1) is 10.2 Å². The van der Waals surface area contributed by atoms with Gasteiger partial charge in [-0.3, -0.25) is 62.5 Å². The van der Waals surface area contributed by atoms with Gasteiger partial charge in [0.15, 0.2) is 5.82 Å². The first-order chi connectivity index (χ1) is 43.1. The van der Waals surface area contributed by atoms with E-state index in [0.717, 1.165) is 40.4 Å². The molecule has 0 aliphatic carbocycles. The molecule has 0 radical (unpaired) electrons. The molecule has 26 nitrogen and oxygen atoms in total. The molecule has 5 amide bonds. The number of nitrogens with one attached hydrogen (secondary N) is 4. The van der Waals surface area contributed by atoms with E-state index in [4.69, 9.17) is 4.74 Å². The molecule has 2 fully saturated rings. The van der Waals surface area contributed by atoms with Gasteiger partial charge in [0.1, 0.15) is 17.5 Å². The average molecular weight is 1370 g/mol. The smallest absolute Gasteiger partial charge is 0.317 e. The average Bonchev–Trinajstić information content (AvgIpc) is 1.72. The molecule has 2 aliphatic rings. The molecule has 4 aromatic rings. The highest BCUT2D eigenvalue weighted by Gasteiger charge is 2.28. The van der Waals surface area contributed by atoms with Crippen molar-refractivity contribution in [1.29, 1.82) is 0 Å². The van der Waals surface area contributed by atoms with Gasteiger partial charge in [-0.05, 0) is 140 Å². The largest absolute Gasteiger partial charge is 0.508 e. The van der Waals surface area contributed by atoms with E-state index >= 15 is 0 Å². The minimum atomic E-state index is -1.07. The number of phenolic OH excluding ortho intramolecular Hbond substituents is 2.